The Hall–Kier alpha value is -0.650. The lowest BCUT2D eigenvalue weighted by Crippen LogP contribution is -2.45. The van der Waals surface area contributed by atoms with E-state index in [1.807, 2.05) is 0 Å². The SMILES string of the molecule is COCCOCCCNC(=O)C1C2CCC(C2)C1N. The second kappa shape index (κ2) is 7.22. The number of hydrogen-bond donors (Lipinski definition) is 2. The Morgan fingerprint density at radius 3 is 2.74 bits per heavy atom. The molecule has 5 heteroatoms. The molecule has 1 amide bonds. The van der Waals surface area contributed by atoms with Crippen molar-refractivity contribution in [3.05, 3.63) is 0 Å². The topological polar surface area (TPSA) is 73.6 Å². The molecule has 2 rings (SSSR count). The van der Waals surface area contributed by atoms with Crippen LogP contribution in [-0.2, 0) is 14.3 Å². The zero-order chi connectivity index (χ0) is 13.7. The summed E-state index contributed by atoms with van der Waals surface area (Å²) in [5, 5.41) is 3.00. The van der Waals surface area contributed by atoms with Gasteiger partial charge in [0, 0.05) is 26.3 Å². The Morgan fingerprint density at radius 2 is 2.05 bits per heavy atom. The van der Waals surface area contributed by atoms with Gasteiger partial charge in [0.05, 0.1) is 19.1 Å². The Morgan fingerprint density at radius 1 is 1.26 bits per heavy atom. The van der Waals surface area contributed by atoms with Crippen LogP contribution in [0.1, 0.15) is 25.7 Å². The third kappa shape index (κ3) is 3.68. The molecule has 0 aliphatic heterocycles. The van der Waals surface area contributed by atoms with Crippen LogP contribution in [0.5, 0.6) is 0 Å². The van der Waals surface area contributed by atoms with E-state index in [2.05, 4.69) is 5.32 Å². The molecule has 2 fully saturated rings. The number of nitrogens with two attached hydrogens (primary N) is 1. The molecule has 0 saturated heterocycles. The van der Waals surface area contributed by atoms with Crippen molar-refractivity contribution in [2.75, 3.05) is 33.5 Å². The van der Waals surface area contributed by atoms with Gasteiger partial charge < -0.3 is 20.5 Å². The lowest BCUT2D eigenvalue weighted by Gasteiger charge is -2.27. The fourth-order valence-corrected chi connectivity index (χ4v) is 3.47. The normalized spacial score (nSPS) is 32.7. The lowest BCUT2D eigenvalue weighted by atomic mass is 9.84. The summed E-state index contributed by atoms with van der Waals surface area (Å²) in [6, 6.07) is 0.0803. The largest absolute Gasteiger partial charge is 0.382 e. The predicted octanol–water partition coefficient (Wildman–Crippen LogP) is 0.529. The maximum absolute atomic E-state index is 12.1. The van der Waals surface area contributed by atoms with Crippen LogP contribution in [0.3, 0.4) is 0 Å². The molecule has 19 heavy (non-hydrogen) atoms. The van der Waals surface area contributed by atoms with Crippen LogP contribution in [0.2, 0.25) is 0 Å². The minimum absolute atomic E-state index is 0.0492. The molecular formula is C14H26N2O3. The van der Waals surface area contributed by atoms with Gasteiger partial charge in [-0.3, -0.25) is 4.79 Å². The van der Waals surface area contributed by atoms with Crippen LogP contribution in [0, 0.1) is 17.8 Å². The van der Waals surface area contributed by atoms with Crippen molar-refractivity contribution in [2.45, 2.75) is 31.7 Å². The number of carbonyl (C=O) groups is 1. The molecule has 4 atom stereocenters. The Bertz CT molecular complexity index is 296. The van der Waals surface area contributed by atoms with Crippen molar-refractivity contribution in [3.63, 3.8) is 0 Å². The molecule has 0 aromatic carbocycles. The van der Waals surface area contributed by atoms with Crippen LogP contribution in [0.4, 0.5) is 0 Å². The lowest BCUT2D eigenvalue weighted by molar-refractivity contribution is -0.127. The van der Waals surface area contributed by atoms with Gasteiger partial charge in [-0.1, -0.05) is 0 Å². The summed E-state index contributed by atoms with van der Waals surface area (Å²) in [7, 11) is 1.65. The molecule has 0 aromatic heterocycles. The average molecular weight is 270 g/mol. The second-order valence-electron chi connectivity index (χ2n) is 5.69. The van der Waals surface area contributed by atoms with Gasteiger partial charge in [0.1, 0.15) is 0 Å². The number of ether oxygens (including phenoxy) is 2. The average Bonchev–Trinajstić information content (AvgIpc) is 2.98. The van der Waals surface area contributed by atoms with Gasteiger partial charge in [0.25, 0.3) is 0 Å². The molecule has 2 saturated carbocycles. The quantitative estimate of drug-likeness (QED) is 0.631. The van der Waals surface area contributed by atoms with E-state index in [4.69, 9.17) is 15.2 Å². The highest BCUT2D eigenvalue weighted by Crippen LogP contribution is 2.47. The zero-order valence-electron chi connectivity index (χ0n) is 11.8. The summed E-state index contributed by atoms with van der Waals surface area (Å²) >= 11 is 0. The second-order valence-corrected chi connectivity index (χ2v) is 5.69. The van der Waals surface area contributed by atoms with E-state index in [0.29, 0.717) is 38.2 Å². The molecule has 2 bridgehead atoms. The fraction of sp³-hybridized carbons (Fsp3) is 0.929. The van der Waals surface area contributed by atoms with Crippen LogP contribution >= 0.6 is 0 Å². The van der Waals surface area contributed by atoms with E-state index < -0.39 is 0 Å². The summed E-state index contributed by atoms with van der Waals surface area (Å²) in [6.45, 7) is 2.56. The standard InChI is InChI=1S/C14H26N2O3/c1-18-7-8-19-6-2-5-16-14(17)12-10-3-4-11(9-10)13(12)15/h10-13H,2-9,15H2,1H3,(H,16,17). The van der Waals surface area contributed by atoms with Crippen molar-refractivity contribution in [2.24, 2.45) is 23.5 Å². The first-order valence-corrected chi connectivity index (χ1v) is 7.34. The van der Waals surface area contributed by atoms with Gasteiger partial charge in [0.2, 0.25) is 5.91 Å². The first-order chi connectivity index (χ1) is 9.24. The molecule has 4 unspecified atom stereocenters. The molecule has 2 aliphatic carbocycles. The Balaban J connectivity index is 1.57. The number of fused-ring (bicyclic) bond motifs is 2. The fourth-order valence-electron chi connectivity index (χ4n) is 3.47. The Labute approximate surface area is 115 Å². The first kappa shape index (κ1) is 14.8. The van der Waals surface area contributed by atoms with Crippen molar-refractivity contribution >= 4 is 5.91 Å². The molecule has 5 nitrogen and oxygen atoms in total. The molecule has 3 N–H and O–H groups in total. The molecule has 110 valence electrons. The zero-order valence-corrected chi connectivity index (χ0v) is 11.8. The first-order valence-electron chi connectivity index (χ1n) is 7.34. The van der Waals surface area contributed by atoms with E-state index >= 15 is 0 Å². The predicted molar refractivity (Wildman–Crippen MR) is 72.6 cm³/mol. The van der Waals surface area contributed by atoms with Gasteiger partial charge in [0.15, 0.2) is 0 Å². The van der Waals surface area contributed by atoms with Gasteiger partial charge in [-0.2, -0.15) is 0 Å². The van der Waals surface area contributed by atoms with Crippen LogP contribution in [0.25, 0.3) is 0 Å². The monoisotopic (exact) mass is 270 g/mol. The highest BCUT2D eigenvalue weighted by Gasteiger charge is 2.48. The van der Waals surface area contributed by atoms with Crippen LogP contribution in [0.15, 0.2) is 0 Å². The maximum atomic E-state index is 12.1. The van der Waals surface area contributed by atoms with Crippen molar-refractivity contribution in [3.8, 4) is 0 Å². The van der Waals surface area contributed by atoms with Gasteiger partial charge in [-0.05, 0) is 37.5 Å². The van der Waals surface area contributed by atoms with Gasteiger partial charge in [-0.15, -0.1) is 0 Å². The highest BCUT2D eigenvalue weighted by atomic mass is 16.5. The van der Waals surface area contributed by atoms with Crippen molar-refractivity contribution < 1.29 is 14.3 Å². The van der Waals surface area contributed by atoms with Crippen molar-refractivity contribution in [1.82, 2.24) is 5.32 Å². The highest BCUT2D eigenvalue weighted by molar-refractivity contribution is 5.80. The molecule has 0 aromatic rings. The van der Waals surface area contributed by atoms with E-state index in [9.17, 15) is 4.79 Å². The smallest absolute Gasteiger partial charge is 0.224 e. The van der Waals surface area contributed by atoms with Crippen molar-refractivity contribution in [1.29, 1.82) is 0 Å². The summed E-state index contributed by atoms with van der Waals surface area (Å²) in [5.74, 6) is 1.31. The van der Waals surface area contributed by atoms with Crippen LogP contribution in [-0.4, -0.2) is 45.4 Å². The van der Waals surface area contributed by atoms with Crippen LogP contribution < -0.4 is 11.1 Å². The summed E-state index contributed by atoms with van der Waals surface area (Å²) in [4.78, 5) is 12.1. The van der Waals surface area contributed by atoms with E-state index in [1.54, 1.807) is 7.11 Å². The maximum Gasteiger partial charge on any atom is 0.224 e. The third-order valence-electron chi connectivity index (χ3n) is 4.48. The number of carbonyl (C=O) groups excluding carboxylic acids is 1. The number of rotatable bonds is 8. The molecular weight excluding hydrogens is 244 g/mol. The Kier molecular flexibility index (Phi) is 5.60. The van der Waals surface area contributed by atoms with E-state index in [1.165, 1.54) is 12.8 Å². The van der Waals surface area contributed by atoms with E-state index in [-0.39, 0.29) is 17.9 Å². The van der Waals surface area contributed by atoms with Gasteiger partial charge in [-0.25, -0.2) is 0 Å². The molecule has 0 heterocycles. The number of amides is 1. The molecule has 0 radical (unpaired) electrons. The molecule has 0 spiro atoms. The third-order valence-corrected chi connectivity index (χ3v) is 4.48. The number of methoxy groups -OCH3 is 1. The number of hydrogen-bond acceptors (Lipinski definition) is 4. The minimum atomic E-state index is 0.0492. The van der Waals surface area contributed by atoms with Gasteiger partial charge >= 0.3 is 0 Å². The minimum Gasteiger partial charge on any atom is -0.382 e. The number of nitrogens with one attached hydrogen (secondary N) is 1. The summed E-state index contributed by atoms with van der Waals surface area (Å²) < 4.78 is 10.2. The summed E-state index contributed by atoms with van der Waals surface area (Å²) in [6.07, 6.45) is 4.38. The molecule has 2 aliphatic rings. The van der Waals surface area contributed by atoms with E-state index in [0.717, 1.165) is 12.8 Å². The summed E-state index contributed by atoms with van der Waals surface area (Å²) in [5.41, 5.74) is 6.15.